The van der Waals surface area contributed by atoms with Crippen LogP contribution in [0.15, 0.2) is 40.6 Å². The lowest BCUT2D eigenvalue weighted by molar-refractivity contribution is 0.0910. The van der Waals surface area contributed by atoms with E-state index in [-0.39, 0.29) is 11.5 Å². The SMILES string of the molecule is CCc1nnc2n1N=C(c1ccccc1)C(OC(C)C)S2. The summed E-state index contributed by atoms with van der Waals surface area (Å²) in [6.07, 6.45) is 0.922. The molecule has 0 fully saturated rings. The lowest BCUT2D eigenvalue weighted by atomic mass is 10.1. The molecule has 0 amide bonds. The van der Waals surface area contributed by atoms with E-state index in [0.29, 0.717) is 0 Å². The standard InChI is InChI=1S/C15H18N4OS/c1-4-12-16-17-15-19(12)18-13(11-8-6-5-7-9-11)14(21-15)20-10(2)3/h5-10,14H,4H2,1-3H3. The summed E-state index contributed by atoms with van der Waals surface area (Å²) in [5.41, 5.74) is 1.82. The molecule has 0 bridgehead atoms. The van der Waals surface area contributed by atoms with E-state index in [1.165, 1.54) is 0 Å². The Morgan fingerprint density at radius 3 is 2.67 bits per heavy atom. The largest absolute Gasteiger partial charge is 0.358 e. The van der Waals surface area contributed by atoms with Crippen molar-refractivity contribution in [2.45, 2.75) is 43.9 Å². The van der Waals surface area contributed by atoms with Gasteiger partial charge < -0.3 is 4.74 Å². The van der Waals surface area contributed by atoms with Gasteiger partial charge in [-0.3, -0.25) is 0 Å². The molecular formula is C15H18N4OS. The minimum absolute atomic E-state index is 0.122. The Labute approximate surface area is 128 Å². The smallest absolute Gasteiger partial charge is 0.214 e. The molecule has 0 aliphatic carbocycles. The molecule has 21 heavy (non-hydrogen) atoms. The van der Waals surface area contributed by atoms with E-state index in [9.17, 15) is 0 Å². The van der Waals surface area contributed by atoms with Crippen LogP contribution in [0.25, 0.3) is 0 Å². The highest BCUT2D eigenvalue weighted by atomic mass is 32.2. The summed E-state index contributed by atoms with van der Waals surface area (Å²) in [5, 5.41) is 13.9. The molecule has 0 spiro atoms. The molecule has 1 atom stereocenters. The van der Waals surface area contributed by atoms with Crippen LogP contribution in [0, 0.1) is 0 Å². The second-order valence-corrected chi connectivity index (χ2v) is 6.08. The predicted molar refractivity (Wildman–Crippen MR) is 83.6 cm³/mol. The topological polar surface area (TPSA) is 52.3 Å². The summed E-state index contributed by atoms with van der Waals surface area (Å²) < 4.78 is 7.84. The van der Waals surface area contributed by atoms with Gasteiger partial charge in [0, 0.05) is 12.0 Å². The summed E-state index contributed by atoms with van der Waals surface area (Å²) in [6, 6.07) is 10.1. The van der Waals surface area contributed by atoms with Crippen LogP contribution < -0.4 is 0 Å². The molecule has 5 nitrogen and oxygen atoms in total. The van der Waals surface area contributed by atoms with Crippen LogP contribution in [0.5, 0.6) is 0 Å². The molecule has 2 aromatic rings. The third kappa shape index (κ3) is 2.87. The quantitative estimate of drug-likeness (QED) is 0.871. The molecule has 1 aliphatic rings. The first-order chi connectivity index (χ1) is 10.2. The van der Waals surface area contributed by atoms with Crippen LogP contribution in [-0.4, -0.2) is 32.1 Å². The number of thioether (sulfide) groups is 1. The van der Waals surface area contributed by atoms with Gasteiger partial charge in [-0.2, -0.15) is 9.78 Å². The highest BCUT2D eigenvalue weighted by Gasteiger charge is 2.29. The molecule has 1 aliphatic heterocycles. The van der Waals surface area contributed by atoms with Crippen molar-refractivity contribution in [3.05, 3.63) is 41.7 Å². The van der Waals surface area contributed by atoms with Crippen LogP contribution in [-0.2, 0) is 11.2 Å². The Hall–Kier alpha value is -1.66. The first-order valence-electron chi connectivity index (χ1n) is 7.09. The summed E-state index contributed by atoms with van der Waals surface area (Å²) in [6.45, 7) is 6.11. The predicted octanol–water partition coefficient (Wildman–Crippen LogP) is 2.95. The van der Waals surface area contributed by atoms with Crippen molar-refractivity contribution >= 4 is 17.5 Å². The van der Waals surface area contributed by atoms with Crippen molar-refractivity contribution in [3.63, 3.8) is 0 Å². The van der Waals surface area contributed by atoms with Crippen LogP contribution in [0.2, 0.25) is 0 Å². The number of nitrogens with zero attached hydrogens (tertiary/aromatic N) is 4. The van der Waals surface area contributed by atoms with Gasteiger partial charge in [-0.05, 0) is 25.6 Å². The van der Waals surface area contributed by atoms with E-state index in [2.05, 4.69) is 29.3 Å². The van der Waals surface area contributed by atoms with Gasteiger partial charge in [0.05, 0.1) is 6.10 Å². The number of fused-ring (bicyclic) bond motifs is 1. The Balaban J connectivity index is 2.05. The maximum atomic E-state index is 6.01. The van der Waals surface area contributed by atoms with E-state index < -0.39 is 0 Å². The van der Waals surface area contributed by atoms with Crippen molar-refractivity contribution in [1.29, 1.82) is 0 Å². The number of aryl methyl sites for hydroxylation is 1. The summed E-state index contributed by atoms with van der Waals surface area (Å²) in [5.74, 6) is 0.869. The van der Waals surface area contributed by atoms with E-state index in [4.69, 9.17) is 9.84 Å². The van der Waals surface area contributed by atoms with E-state index in [0.717, 1.165) is 28.7 Å². The normalized spacial score (nSPS) is 17.7. The monoisotopic (exact) mass is 302 g/mol. The number of benzene rings is 1. The first-order valence-corrected chi connectivity index (χ1v) is 7.97. The lowest BCUT2D eigenvalue weighted by Gasteiger charge is -2.25. The highest BCUT2D eigenvalue weighted by Crippen LogP contribution is 2.31. The summed E-state index contributed by atoms with van der Waals surface area (Å²) in [7, 11) is 0. The van der Waals surface area contributed by atoms with Gasteiger partial charge in [0.2, 0.25) is 5.16 Å². The van der Waals surface area contributed by atoms with Crippen LogP contribution in [0.4, 0.5) is 0 Å². The Morgan fingerprint density at radius 2 is 2.00 bits per heavy atom. The molecule has 2 heterocycles. The third-order valence-electron chi connectivity index (χ3n) is 3.10. The van der Waals surface area contributed by atoms with Gasteiger partial charge in [0.25, 0.3) is 0 Å². The Bertz CT molecular complexity index is 651. The second kappa shape index (κ2) is 5.99. The fourth-order valence-electron chi connectivity index (χ4n) is 2.14. The molecule has 1 aromatic carbocycles. The number of ether oxygens (including phenoxy) is 1. The third-order valence-corrected chi connectivity index (χ3v) is 4.12. The fraction of sp³-hybridized carbons (Fsp3) is 0.400. The number of rotatable bonds is 4. The number of aromatic nitrogens is 3. The molecule has 0 saturated carbocycles. The zero-order valence-corrected chi connectivity index (χ0v) is 13.2. The van der Waals surface area contributed by atoms with Gasteiger partial charge in [-0.15, -0.1) is 10.2 Å². The number of hydrogen-bond donors (Lipinski definition) is 0. The van der Waals surface area contributed by atoms with Gasteiger partial charge >= 0.3 is 0 Å². The van der Waals surface area contributed by atoms with E-state index in [1.54, 1.807) is 11.8 Å². The van der Waals surface area contributed by atoms with Crippen molar-refractivity contribution in [3.8, 4) is 0 Å². The maximum absolute atomic E-state index is 6.01. The van der Waals surface area contributed by atoms with Crippen molar-refractivity contribution in [2.75, 3.05) is 0 Å². The van der Waals surface area contributed by atoms with Crippen LogP contribution >= 0.6 is 11.8 Å². The van der Waals surface area contributed by atoms with Gasteiger partial charge in [0.1, 0.15) is 5.71 Å². The molecule has 0 N–H and O–H groups in total. The highest BCUT2D eigenvalue weighted by molar-refractivity contribution is 8.00. The average Bonchev–Trinajstić information content (AvgIpc) is 2.88. The maximum Gasteiger partial charge on any atom is 0.214 e. The molecule has 1 aromatic heterocycles. The van der Waals surface area contributed by atoms with Crippen molar-refractivity contribution in [1.82, 2.24) is 14.9 Å². The zero-order valence-electron chi connectivity index (χ0n) is 12.4. The Morgan fingerprint density at radius 1 is 1.24 bits per heavy atom. The van der Waals surface area contributed by atoms with E-state index in [1.807, 2.05) is 36.7 Å². The molecule has 0 saturated heterocycles. The van der Waals surface area contributed by atoms with Gasteiger partial charge in [0.15, 0.2) is 11.3 Å². The molecular weight excluding hydrogens is 284 g/mol. The van der Waals surface area contributed by atoms with E-state index >= 15 is 0 Å². The number of hydrogen-bond acceptors (Lipinski definition) is 5. The minimum atomic E-state index is -0.159. The second-order valence-electron chi connectivity index (χ2n) is 5.05. The van der Waals surface area contributed by atoms with Crippen molar-refractivity contribution in [2.24, 2.45) is 5.10 Å². The fourth-order valence-corrected chi connectivity index (χ4v) is 3.24. The van der Waals surface area contributed by atoms with Crippen molar-refractivity contribution < 1.29 is 4.74 Å². The van der Waals surface area contributed by atoms with Crippen LogP contribution in [0.1, 0.15) is 32.2 Å². The Kier molecular flexibility index (Phi) is 4.07. The zero-order chi connectivity index (χ0) is 14.8. The summed E-state index contributed by atoms with van der Waals surface area (Å²) >= 11 is 1.56. The molecule has 3 rings (SSSR count). The van der Waals surface area contributed by atoms with Gasteiger partial charge in [-0.1, -0.05) is 37.3 Å². The first kappa shape index (κ1) is 14.3. The van der Waals surface area contributed by atoms with Crippen LogP contribution in [0.3, 0.4) is 0 Å². The molecule has 0 radical (unpaired) electrons. The molecule has 1 unspecified atom stereocenters. The molecule has 110 valence electrons. The summed E-state index contributed by atoms with van der Waals surface area (Å²) in [4.78, 5) is 0. The lowest BCUT2D eigenvalue weighted by Crippen LogP contribution is -2.29. The average molecular weight is 302 g/mol. The molecule has 6 heteroatoms. The van der Waals surface area contributed by atoms with Gasteiger partial charge in [-0.25, -0.2) is 0 Å². The minimum Gasteiger partial charge on any atom is -0.358 e.